The number of hydrogen-bond acceptors (Lipinski definition) is 2. The van der Waals surface area contributed by atoms with Crippen molar-refractivity contribution in [1.82, 2.24) is 4.90 Å². The Bertz CT molecular complexity index is 666. The van der Waals surface area contributed by atoms with Gasteiger partial charge in [-0.3, -0.25) is 4.90 Å². The van der Waals surface area contributed by atoms with Gasteiger partial charge < -0.3 is 5.73 Å². The van der Waals surface area contributed by atoms with Crippen LogP contribution in [-0.4, -0.2) is 24.0 Å². The topological polar surface area (TPSA) is 29.3 Å². The molecule has 1 saturated heterocycles. The van der Waals surface area contributed by atoms with E-state index in [0.717, 1.165) is 26.1 Å². The van der Waals surface area contributed by atoms with E-state index in [2.05, 4.69) is 36.9 Å². The molecule has 1 aliphatic heterocycles. The minimum absolute atomic E-state index is 0.170. The van der Waals surface area contributed by atoms with Crippen molar-refractivity contribution in [2.24, 2.45) is 5.73 Å². The lowest BCUT2D eigenvalue weighted by Gasteiger charge is -2.37. The maximum absolute atomic E-state index is 13.1. The van der Waals surface area contributed by atoms with Crippen molar-refractivity contribution in [2.45, 2.75) is 38.8 Å². The minimum atomic E-state index is -0.180. The fraction of sp³-hybridized carbons (Fsp3) is 0.400. The van der Waals surface area contributed by atoms with Crippen molar-refractivity contribution in [3.63, 3.8) is 0 Å². The second kappa shape index (κ2) is 6.81. The van der Waals surface area contributed by atoms with E-state index in [1.165, 1.54) is 22.3 Å². The number of nitrogens with zero attached hydrogens (tertiary/aromatic N) is 1. The van der Waals surface area contributed by atoms with Crippen molar-refractivity contribution in [1.29, 1.82) is 0 Å². The van der Waals surface area contributed by atoms with Crippen LogP contribution >= 0.6 is 0 Å². The Hall–Kier alpha value is -1.71. The van der Waals surface area contributed by atoms with Gasteiger partial charge in [-0.05, 0) is 55.0 Å². The fourth-order valence-electron chi connectivity index (χ4n) is 3.55. The smallest absolute Gasteiger partial charge is 0.123 e. The van der Waals surface area contributed by atoms with Crippen molar-refractivity contribution < 1.29 is 4.39 Å². The Morgan fingerprint density at radius 1 is 1.09 bits per heavy atom. The number of aryl methyl sites for hydroxylation is 2. The van der Waals surface area contributed by atoms with Gasteiger partial charge in [0.15, 0.2) is 0 Å². The van der Waals surface area contributed by atoms with Gasteiger partial charge in [-0.2, -0.15) is 0 Å². The van der Waals surface area contributed by atoms with Gasteiger partial charge in [0, 0.05) is 25.7 Å². The van der Waals surface area contributed by atoms with Crippen LogP contribution in [0.2, 0.25) is 0 Å². The van der Waals surface area contributed by atoms with Crippen molar-refractivity contribution >= 4 is 0 Å². The first-order valence-corrected chi connectivity index (χ1v) is 8.31. The molecule has 0 bridgehead atoms. The third-order valence-corrected chi connectivity index (χ3v) is 4.80. The van der Waals surface area contributed by atoms with Crippen LogP contribution in [-0.2, 0) is 6.54 Å². The molecular weight excluding hydrogens is 287 g/mol. The molecule has 2 aromatic rings. The van der Waals surface area contributed by atoms with Gasteiger partial charge in [0.05, 0.1) is 0 Å². The van der Waals surface area contributed by atoms with Crippen LogP contribution in [0.1, 0.15) is 34.6 Å². The zero-order valence-corrected chi connectivity index (χ0v) is 13.9. The number of halogens is 1. The van der Waals surface area contributed by atoms with E-state index in [1.807, 2.05) is 12.1 Å². The van der Waals surface area contributed by atoms with Crippen LogP contribution < -0.4 is 5.73 Å². The molecule has 1 heterocycles. The highest BCUT2D eigenvalue weighted by atomic mass is 19.1. The molecule has 0 radical (unpaired) electrons. The molecule has 0 amide bonds. The lowest BCUT2D eigenvalue weighted by molar-refractivity contribution is 0.181. The molecule has 0 spiro atoms. The molecule has 2 unspecified atom stereocenters. The van der Waals surface area contributed by atoms with Crippen LogP contribution in [0.4, 0.5) is 4.39 Å². The Morgan fingerprint density at radius 3 is 2.57 bits per heavy atom. The number of piperidine rings is 1. The second-order valence-corrected chi connectivity index (χ2v) is 6.87. The number of likely N-dealkylation sites (tertiary alicyclic amines) is 1. The van der Waals surface area contributed by atoms with Crippen LogP contribution in [0.3, 0.4) is 0 Å². The van der Waals surface area contributed by atoms with Crippen LogP contribution in [0.15, 0.2) is 42.5 Å². The third-order valence-electron chi connectivity index (χ3n) is 4.80. The maximum Gasteiger partial charge on any atom is 0.123 e. The van der Waals surface area contributed by atoms with E-state index in [9.17, 15) is 4.39 Å². The quantitative estimate of drug-likeness (QED) is 0.935. The number of benzene rings is 2. The highest BCUT2D eigenvalue weighted by Gasteiger charge is 2.26. The molecule has 122 valence electrons. The molecule has 2 nitrogen and oxygen atoms in total. The minimum Gasteiger partial charge on any atom is -0.327 e. The average molecular weight is 312 g/mol. The standard InChI is InChI=1S/C20H25FN2/c1-14-3-4-15(2)17(9-14)11-23-12-18(10-20(22)13-23)16-5-7-19(21)8-6-16/h3-9,18,20H,10-13,22H2,1-2H3. The summed E-state index contributed by atoms with van der Waals surface area (Å²) in [6.45, 7) is 7.12. The zero-order valence-electron chi connectivity index (χ0n) is 13.9. The van der Waals surface area contributed by atoms with E-state index in [-0.39, 0.29) is 11.9 Å². The molecule has 1 fully saturated rings. The summed E-state index contributed by atoms with van der Waals surface area (Å²) in [6.07, 6.45) is 0.967. The molecule has 1 aliphatic rings. The van der Waals surface area contributed by atoms with Crippen molar-refractivity contribution in [2.75, 3.05) is 13.1 Å². The summed E-state index contributed by atoms with van der Waals surface area (Å²) in [5.74, 6) is 0.200. The van der Waals surface area contributed by atoms with E-state index >= 15 is 0 Å². The molecule has 0 saturated carbocycles. The average Bonchev–Trinajstić information content (AvgIpc) is 2.51. The summed E-state index contributed by atoms with van der Waals surface area (Å²) in [5.41, 5.74) is 11.5. The van der Waals surface area contributed by atoms with Gasteiger partial charge in [0.25, 0.3) is 0 Å². The van der Waals surface area contributed by atoms with Crippen molar-refractivity contribution in [3.8, 4) is 0 Å². The summed E-state index contributed by atoms with van der Waals surface area (Å²) >= 11 is 0. The summed E-state index contributed by atoms with van der Waals surface area (Å²) < 4.78 is 13.1. The Labute approximate surface area is 138 Å². The Kier molecular flexibility index (Phi) is 4.79. The first kappa shape index (κ1) is 16.2. The first-order valence-electron chi connectivity index (χ1n) is 8.31. The van der Waals surface area contributed by atoms with Crippen LogP contribution in [0.5, 0.6) is 0 Å². The van der Waals surface area contributed by atoms with Crippen molar-refractivity contribution in [3.05, 3.63) is 70.5 Å². The zero-order chi connectivity index (χ0) is 16.4. The van der Waals surface area contributed by atoms with E-state index < -0.39 is 0 Å². The SMILES string of the molecule is Cc1ccc(C)c(CN2CC(N)CC(c3ccc(F)cc3)C2)c1. The van der Waals surface area contributed by atoms with Gasteiger partial charge in [-0.25, -0.2) is 4.39 Å². The van der Waals surface area contributed by atoms with Gasteiger partial charge in [0.2, 0.25) is 0 Å². The largest absolute Gasteiger partial charge is 0.327 e. The van der Waals surface area contributed by atoms with Gasteiger partial charge in [0.1, 0.15) is 5.82 Å². The summed E-state index contributed by atoms with van der Waals surface area (Å²) in [7, 11) is 0. The molecule has 0 aromatic heterocycles. The first-order chi connectivity index (χ1) is 11.0. The molecule has 23 heavy (non-hydrogen) atoms. The maximum atomic E-state index is 13.1. The lowest BCUT2D eigenvalue weighted by atomic mass is 9.88. The number of hydrogen-bond donors (Lipinski definition) is 1. The summed E-state index contributed by atoms with van der Waals surface area (Å²) in [6, 6.07) is 13.7. The predicted molar refractivity (Wildman–Crippen MR) is 92.9 cm³/mol. The lowest BCUT2D eigenvalue weighted by Crippen LogP contribution is -2.45. The highest BCUT2D eigenvalue weighted by molar-refractivity contribution is 5.30. The monoisotopic (exact) mass is 312 g/mol. The van der Waals surface area contributed by atoms with Crippen LogP contribution in [0.25, 0.3) is 0 Å². The highest BCUT2D eigenvalue weighted by Crippen LogP contribution is 2.28. The number of rotatable bonds is 3. The van der Waals surface area contributed by atoms with Gasteiger partial charge >= 0.3 is 0 Å². The molecular formula is C20H25FN2. The summed E-state index contributed by atoms with van der Waals surface area (Å²) in [4.78, 5) is 2.43. The summed E-state index contributed by atoms with van der Waals surface area (Å²) in [5, 5.41) is 0. The second-order valence-electron chi connectivity index (χ2n) is 6.87. The van der Waals surface area contributed by atoms with E-state index in [1.54, 1.807) is 12.1 Å². The fourth-order valence-corrected chi connectivity index (χ4v) is 3.55. The van der Waals surface area contributed by atoms with E-state index in [0.29, 0.717) is 5.92 Å². The molecule has 2 atom stereocenters. The third kappa shape index (κ3) is 3.98. The molecule has 3 heteroatoms. The molecule has 0 aliphatic carbocycles. The number of nitrogens with two attached hydrogens (primary N) is 1. The molecule has 2 aromatic carbocycles. The van der Waals surface area contributed by atoms with Gasteiger partial charge in [-0.1, -0.05) is 35.9 Å². The van der Waals surface area contributed by atoms with Crippen LogP contribution in [0, 0.1) is 19.7 Å². The normalized spacial score (nSPS) is 22.3. The van der Waals surface area contributed by atoms with Gasteiger partial charge in [-0.15, -0.1) is 0 Å². The molecule has 2 N–H and O–H groups in total. The Balaban J connectivity index is 1.75. The Morgan fingerprint density at radius 2 is 1.83 bits per heavy atom. The predicted octanol–water partition coefficient (Wildman–Crippen LogP) is 3.76. The van der Waals surface area contributed by atoms with E-state index in [4.69, 9.17) is 5.73 Å². The molecule has 3 rings (SSSR count).